The molecule has 4 aromatic rings. The number of hydrazone groups is 1. The van der Waals surface area contributed by atoms with E-state index in [0.717, 1.165) is 40.0 Å². The van der Waals surface area contributed by atoms with Crippen molar-refractivity contribution in [2.24, 2.45) is 11.0 Å². The number of aryl methyl sites for hydroxylation is 1. The van der Waals surface area contributed by atoms with Crippen LogP contribution in [0, 0.1) is 11.7 Å². The van der Waals surface area contributed by atoms with Crippen molar-refractivity contribution in [3.05, 3.63) is 89.9 Å². The van der Waals surface area contributed by atoms with Crippen LogP contribution in [0.4, 0.5) is 27.5 Å². The fraction of sp³-hybridized carbons (Fsp3) is 0.281. The van der Waals surface area contributed by atoms with Crippen LogP contribution in [0.25, 0.3) is 11.1 Å². The Morgan fingerprint density at radius 2 is 1.90 bits per heavy atom. The number of ether oxygens (including phenoxy) is 1. The first kappa shape index (κ1) is 28.0. The van der Waals surface area contributed by atoms with Crippen molar-refractivity contribution in [1.82, 2.24) is 9.97 Å². The molecule has 0 saturated carbocycles. The van der Waals surface area contributed by atoms with Gasteiger partial charge in [-0.3, -0.25) is 0 Å². The highest BCUT2D eigenvalue weighted by Crippen LogP contribution is 2.27. The first-order valence-corrected chi connectivity index (χ1v) is 13.9. The van der Waals surface area contributed by atoms with Gasteiger partial charge < -0.3 is 20.1 Å². The summed E-state index contributed by atoms with van der Waals surface area (Å²) in [6, 6.07) is 21.4. The Labute approximate surface area is 239 Å². The minimum atomic E-state index is -0.464. The average Bonchev–Trinajstić information content (AvgIpc) is 2.99. The second-order valence-corrected chi connectivity index (χ2v) is 10.4. The Bertz CT molecular complexity index is 1510. The summed E-state index contributed by atoms with van der Waals surface area (Å²) in [5, 5.41) is 17.5. The minimum Gasteiger partial charge on any atom is -0.508 e. The molecule has 212 valence electrons. The van der Waals surface area contributed by atoms with E-state index >= 15 is 0 Å². The van der Waals surface area contributed by atoms with Gasteiger partial charge in [-0.1, -0.05) is 51.1 Å². The number of phenols is 1. The Hall–Kier alpha value is -4.50. The number of morpholine rings is 1. The summed E-state index contributed by atoms with van der Waals surface area (Å²) in [6.07, 6.45) is 3.75. The zero-order valence-corrected chi connectivity index (χ0v) is 23.5. The third kappa shape index (κ3) is 6.99. The average molecular weight is 555 g/mol. The SMILES string of the molecule is CCc1cc(Nc2ccc(-c3cccc(O)c3)cc2)ccc1/C=N/Nc1ncc(F)c(N2CCOC(C(C)C)C2)n1. The van der Waals surface area contributed by atoms with Crippen LogP contribution in [-0.4, -0.2) is 47.1 Å². The number of nitrogens with one attached hydrogen (secondary N) is 2. The molecule has 2 heterocycles. The second-order valence-electron chi connectivity index (χ2n) is 10.4. The van der Waals surface area contributed by atoms with Crippen molar-refractivity contribution in [3.63, 3.8) is 0 Å². The third-order valence-electron chi connectivity index (χ3n) is 7.11. The lowest BCUT2D eigenvalue weighted by Gasteiger charge is -2.35. The van der Waals surface area contributed by atoms with Crippen molar-refractivity contribution in [2.45, 2.75) is 33.3 Å². The van der Waals surface area contributed by atoms with Gasteiger partial charge in [0, 0.05) is 24.5 Å². The van der Waals surface area contributed by atoms with Crippen molar-refractivity contribution in [2.75, 3.05) is 35.3 Å². The highest BCUT2D eigenvalue weighted by atomic mass is 19.1. The van der Waals surface area contributed by atoms with E-state index in [4.69, 9.17) is 4.74 Å². The lowest BCUT2D eigenvalue weighted by atomic mass is 10.0. The van der Waals surface area contributed by atoms with Crippen LogP contribution in [0.15, 0.2) is 78.0 Å². The summed E-state index contributed by atoms with van der Waals surface area (Å²) in [7, 11) is 0. The van der Waals surface area contributed by atoms with Crippen LogP contribution in [0.2, 0.25) is 0 Å². The quantitative estimate of drug-likeness (QED) is 0.158. The largest absolute Gasteiger partial charge is 0.508 e. The Morgan fingerprint density at radius 3 is 2.66 bits per heavy atom. The first-order valence-electron chi connectivity index (χ1n) is 13.9. The topological polar surface area (TPSA) is 94.9 Å². The van der Waals surface area contributed by atoms with Gasteiger partial charge in [-0.25, -0.2) is 14.8 Å². The minimum absolute atomic E-state index is 0.0292. The lowest BCUT2D eigenvalue weighted by Crippen LogP contribution is -2.45. The summed E-state index contributed by atoms with van der Waals surface area (Å²) in [5.74, 6) is 0.602. The fourth-order valence-corrected chi connectivity index (χ4v) is 4.78. The molecule has 1 saturated heterocycles. The molecule has 3 aromatic carbocycles. The number of benzene rings is 3. The first-order chi connectivity index (χ1) is 19.9. The lowest BCUT2D eigenvalue weighted by molar-refractivity contribution is 0.0110. The van der Waals surface area contributed by atoms with Gasteiger partial charge in [0.25, 0.3) is 0 Å². The standard InChI is InChI=1S/C32H35FN6O2/c1-4-22-16-27(36-26-11-8-23(9-12-26)24-6-5-7-28(40)17-24)13-10-25(22)18-35-38-32-34-19-29(33)31(37-32)39-14-15-41-30(20-39)21(2)3/h5-13,16-19,21,30,36,40H,4,14-15,20H2,1-3H3,(H,34,37,38)/b35-18+. The summed E-state index contributed by atoms with van der Waals surface area (Å²) < 4.78 is 20.4. The molecule has 0 bridgehead atoms. The molecule has 8 nitrogen and oxygen atoms in total. The molecule has 0 aliphatic carbocycles. The predicted molar refractivity (Wildman–Crippen MR) is 163 cm³/mol. The van der Waals surface area contributed by atoms with Crippen molar-refractivity contribution < 1.29 is 14.2 Å². The summed E-state index contributed by atoms with van der Waals surface area (Å²) in [4.78, 5) is 10.4. The number of hydrogen-bond donors (Lipinski definition) is 3. The summed E-state index contributed by atoms with van der Waals surface area (Å²) in [5.41, 5.74) is 8.85. The Kier molecular flexibility index (Phi) is 8.74. The van der Waals surface area contributed by atoms with E-state index in [1.807, 2.05) is 53.4 Å². The molecule has 0 spiro atoms. The summed E-state index contributed by atoms with van der Waals surface area (Å²) >= 11 is 0. The number of rotatable bonds is 9. The van der Waals surface area contributed by atoms with E-state index in [1.54, 1.807) is 18.3 Å². The van der Waals surface area contributed by atoms with Crippen LogP contribution in [0.3, 0.4) is 0 Å². The van der Waals surface area contributed by atoms with Crippen LogP contribution < -0.4 is 15.6 Å². The van der Waals surface area contributed by atoms with Gasteiger partial charge in [0.15, 0.2) is 11.6 Å². The smallest absolute Gasteiger partial charge is 0.245 e. The maximum atomic E-state index is 14.6. The van der Waals surface area contributed by atoms with Crippen LogP contribution >= 0.6 is 0 Å². The zero-order chi connectivity index (χ0) is 28.8. The molecular weight excluding hydrogens is 519 g/mol. The van der Waals surface area contributed by atoms with Gasteiger partial charge >= 0.3 is 0 Å². The molecule has 0 amide bonds. The maximum absolute atomic E-state index is 14.6. The van der Waals surface area contributed by atoms with Crippen molar-refractivity contribution >= 4 is 29.4 Å². The Morgan fingerprint density at radius 1 is 1.10 bits per heavy atom. The monoisotopic (exact) mass is 554 g/mol. The van der Waals surface area contributed by atoms with Crippen LogP contribution in [-0.2, 0) is 11.2 Å². The molecule has 3 N–H and O–H groups in total. The van der Waals surface area contributed by atoms with E-state index in [-0.39, 0.29) is 23.6 Å². The number of aromatic hydroxyl groups is 1. The number of anilines is 4. The molecular formula is C32H35FN6O2. The van der Waals surface area contributed by atoms with Gasteiger partial charge in [0.1, 0.15) is 5.75 Å². The molecule has 5 rings (SSSR count). The fourth-order valence-electron chi connectivity index (χ4n) is 4.78. The molecule has 1 atom stereocenters. The molecule has 9 heteroatoms. The zero-order valence-electron chi connectivity index (χ0n) is 23.5. The van der Waals surface area contributed by atoms with E-state index in [0.29, 0.717) is 25.6 Å². The van der Waals surface area contributed by atoms with Crippen LogP contribution in [0.1, 0.15) is 31.9 Å². The third-order valence-corrected chi connectivity index (χ3v) is 7.11. The van der Waals surface area contributed by atoms with Gasteiger partial charge in [-0.05, 0) is 71.0 Å². The van der Waals surface area contributed by atoms with E-state index < -0.39 is 5.82 Å². The molecule has 1 aliphatic rings. The number of halogens is 1. The van der Waals surface area contributed by atoms with Crippen molar-refractivity contribution in [1.29, 1.82) is 0 Å². The predicted octanol–water partition coefficient (Wildman–Crippen LogP) is 6.60. The number of nitrogens with zero attached hydrogens (tertiary/aromatic N) is 4. The Balaban J connectivity index is 1.24. The van der Waals surface area contributed by atoms with Gasteiger partial charge in [0.05, 0.1) is 25.1 Å². The highest BCUT2D eigenvalue weighted by Gasteiger charge is 2.26. The highest BCUT2D eigenvalue weighted by molar-refractivity contribution is 5.83. The van der Waals surface area contributed by atoms with Gasteiger partial charge in [-0.15, -0.1) is 0 Å². The van der Waals surface area contributed by atoms with E-state index in [9.17, 15) is 9.50 Å². The molecule has 1 unspecified atom stereocenters. The summed E-state index contributed by atoms with van der Waals surface area (Å²) in [6.45, 7) is 7.96. The number of phenolic OH excluding ortho intramolecular Hbond substituents is 1. The van der Waals surface area contributed by atoms with E-state index in [1.165, 1.54) is 6.20 Å². The molecule has 1 aromatic heterocycles. The maximum Gasteiger partial charge on any atom is 0.245 e. The van der Waals surface area contributed by atoms with Crippen molar-refractivity contribution in [3.8, 4) is 16.9 Å². The molecule has 1 fully saturated rings. The molecule has 0 radical (unpaired) electrons. The normalized spacial score (nSPS) is 15.4. The second kappa shape index (κ2) is 12.8. The van der Waals surface area contributed by atoms with Gasteiger partial charge in [-0.2, -0.15) is 10.1 Å². The number of hydrogen-bond acceptors (Lipinski definition) is 8. The molecule has 1 aliphatic heterocycles. The van der Waals surface area contributed by atoms with Crippen LogP contribution in [0.5, 0.6) is 5.75 Å². The van der Waals surface area contributed by atoms with E-state index in [2.05, 4.69) is 52.6 Å². The van der Waals surface area contributed by atoms with Gasteiger partial charge in [0.2, 0.25) is 5.95 Å². The molecule has 41 heavy (non-hydrogen) atoms. The number of aromatic nitrogens is 2.